The molecule has 2 aromatic rings. The van der Waals surface area contributed by atoms with Crippen LogP contribution in [0.4, 0.5) is 11.4 Å². The van der Waals surface area contributed by atoms with E-state index in [2.05, 4.69) is 27.3 Å². The van der Waals surface area contributed by atoms with Crippen molar-refractivity contribution >= 4 is 17.3 Å². The maximum absolute atomic E-state index is 12.8. The molecule has 2 heterocycles. The molecule has 3 rings (SSSR count). The average Bonchev–Trinajstić information content (AvgIpc) is 3.13. The maximum atomic E-state index is 12.8. The number of hydrogen-bond acceptors (Lipinski definition) is 8. The quantitative estimate of drug-likeness (QED) is 0.404. The highest BCUT2D eigenvalue weighted by Crippen LogP contribution is 2.30. The number of aromatic nitrogens is 4. The van der Waals surface area contributed by atoms with Gasteiger partial charge in [-0.25, -0.2) is 9.48 Å². The number of nitrogens with zero attached hydrogens (tertiary/aromatic N) is 6. The second kappa shape index (κ2) is 8.77. The molecule has 1 saturated heterocycles. The standard InChI is InChI=1S/C18H24N6O4/c1-3-8-23-17(19-20-21-23)12-28-18(25)15-11-14(24(26)27)4-5-16(15)22-9-6-13(2)7-10-22/h4-5,11,13H,3,6-10,12H2,1-2H3. The van der Waals surface area contributed by atoms with Crippen molar-refractivity contribution in [1.82, 2.24) is 20.2 Å². The molecule has 0 unspecified atom stereocenters. The Bertz CT molecular complexity index is 844. The molecule has 1 aliphatic rings. The molecule has 28 heavy (non-hydrogen) atoms. The lowest BCUT2D eigenvalue weighted by molar-refractivity contribution is -0.384. The van der Waals surface area contributed by atoms with Gasteiger partial charge in [0.05, 0.1) is 16.2 Å². The van der Waals surface area contributed by atoms with Crippen molar-refractivity contribution in [3.8, 4) is 0 Å². The number of nitro benzene ring substituents is 1. The highest BCUT2D eigenvalue weighted by atomic mass is 16.6. The molecule has 0 saturated carbocycles. The summed E-state index contributed by atoms with van der Waals surface area (Å²) in [5.41, 5.74) is 0.714. The SMILES string of the molecule is CCCn1nnnc1COC(=O)c1cc([N+](=O)[O-])ccc1N1CCC(C)CC1. The van der Waals surface area contributed by atoms with Crippen LogP contribution >= 0.6 is 0 Å². The lowest BCUT2D eigenvalue weighted by Crippen LogP contribution is -2.34. The third kappa shape index (κ3) is 4.44. The number of rotatable bonds is 7. The lowest BCUT2D eigenvalue weighted by atomic mass is 9.98. The molecule has 0 amide bonds. The number of non-ortho nitro benzene ring substituents is 1. The van der Waals surface area contributed by atoms with Crippen LogP contribution in [-0.2, 0) is 17.9 Å². The van der Waals surface area contributed by atoms with Crippen LogP contribution < -0.4 is 4.90 Å². The fourth-order valence-electron chi connectivity index (χ4n) is 3.25. The Balaban J connectivity index is 1.81. The van der Waals surface area contributed by atoms with Crippen molar-refractivity contribution in [1.29, 1.82) is 0 Å². The van der Waals surface area contributed by atoms with E-state index in [1.165, 1.54) is 12.1 Å². The normalized spacial score (nSPS) is 14.9. The van der Waals surface area contributed by atoms with E-state index in [1.807, 2.05) is 6.92 Å². The van der Waals surface area contributed by atoms with E-state index in [4.69, 9.17) is 4.74 Å². The van der Waals surface area contributed by atoms with Gasteiger partial charge in [0.1, 0.15) is 0 Å². The summed E-state index contributed by atoms with van der Waals surface area (Å²) in [7, 11) is 0. The van der Waals surface area contributed by atoms with Crippen LogP contribution in [0.1, 0.15) is 49.3 Å². The number of ether oxygens (including phenoxy) is 1. The molecule has 150 valence electrons. The summed E-state index contributed by atoms with van der Waals surface area (Å²) < 4.78 is 6.97. The highest BCUT2D eigenvalue weighted by molar-refractivity contribution is 5.96. The summed E-state index contributed by atoms with van der Waals surface area (Å²) in [6.07, 6.45) is 2.86. The molecule has 10 heteroatoms. The van der Waals surface area contributed by atoms with Gasteiger partial charge in [0.2, 0.25) is 0 Å². The molecular formula is C18H24N6O4. The first-order chi connectivity index (χ1) is 13.5. The van der Waals surface area contributed by atoms with Gasteiger partial charge in [0, 0.05) is 31.8 Å². The molecule has 0 radical (unpaired) electrons. The summed E-state index contributed by atoms with van der Waals surface area (Å²) in [6, 6.07) is 4.34. The van der Waals surface area contributed by atoms with Gasteiger partial charge in [-0.1, -0.05) is 13.8 Å². The zero-order valence-electron chi connectivity index (χ0n) is 16.1. The Hall–Kier alpha value is -3.04. The molecule has 0 aliphatic carbocycles. The van der Waals surface area contributed by atoms with Crippen LogP contribution in [0.2, 0.25) is 0 Å². The van der Waals surface area contributed by atoms with Crippen LogP contribution in [0.15, 0.2) is 18.2 Å². The number of carbonyl (C=O) groups is 1. The Kier molecular flexibility index (Phi) is 6.17. The van der Waals surface area contributed by atoms with Gasteiger partial charge in [-0.3, -0.25) is 10.1 Å². The maximum Gasteiger partial charge on any atom is 0.340 e. The van der Waals surface area contributed by atoms with E-state index >= 15 is 0 Å². The molecule has 0 atom stereocenters. The number of tetrazole rings is 1. The lowest BCUT2D eigenvalue weighted by Gasteiger charge is -2.33. The van der Waals surface area contributed by atoms with Crippen molar-refractivity contribution in [2.24, 2.45) is 5.92 Å². The second-order valence-electron chi connectivity index (χ2n) is 7.02. The molecule has 10 nitrogen and oxygen atoms in total. The smallest absolute Gasteiger partial charge is 0.340 e. The third-order valence-electron chi connectivity index (χ3n) is 4.91. The second-order valence-corrected chi connectivity index (χ2v) is 7.02. The van der Waals surface area contributed by atoms with Crippen molar-refractivity contribution in [2.75, 3.05) is 18.0 Å². The number of benzene rings is 1. The zero-order valence-corrected chi connectivity index (χ0v) is 16.1. The van der Waals surface area contributed by atoms with Gasteiger partial charge < -0.3 is 9.64 Å². The average molecular weight is 388 g/mol. The first-order valence-electron chi connectivity index (χ1n) is 9.45. The molecular weight excluding hydrogens is 364 g/mol. The first kappa shape index (κ1) is 19.7. The van der Waals surface area contributed by atoms with Gasteiger partial charge in [-0.05, 0) is 41.7 Å². The minimum atomic E-state index is -0.622. The van der Waals surface area contributed by atoms with Gasteiger partial charge in [-0.2, -0.15) is 0 Å². The van der Waals surface area contributed by atoms with Gasteiger partial charge in [-0.15, -0.1) is 5.10 Å². The number of aryl methyl sites for hydroxylation is 1. The molecule has 1 aliphatic heterocycles. The summed E-state index contributed by atoms with van der Waals surface area (Å²) >= 11 is 0. The topological polar surface area (TPSA) is 116 Å². The molecule has 0 spiro atoms. The number of carbonyl (C=O) groups excluding carboxylic acids is 1. The molecule has 1 aromatic carbocycles. The molecule has 0 bridgehead atoms. The van der Waals surface area contributed by atoms with Crippen LogP contribution in [0.5, 0.6) is 0 Å². The predicted octanol–water partition coefficient (Wildman–Crippen LogP) is 2.58. The predicted molar refractivity (Wildman–Crippen MR) is 101 cm³/mol. The van der Waals surface area contributed by atoms with Crippen LogP contribution in [0, 0.1) is 16.0 Å². The van der Waals surface area contributed by atoms with Crippen LogP contribution in [-0.4, -0.2) is 44.2 Å². The van der Waals surface area contributed by atoms with E-state index in [1.54, 1.807) is 10.7 Å². The Morgan fingerprint density at radius 3 is 2.79 bits per heavy atom. The summed E-state index contributed by atoms with van der Waals surface area (Å²) in [4.78, 5) is 25.5. The number of nitro groups is 1. The Labute approximate surface area is 162 Å². The minimum absolute atomic E-state index is 0.0923. The number of piperidine rings is 1. The fourth-order valence-corrected chi connectivity index (χ4v) is 3.25. The number of hydrogen-bond donors (Lipinski definition) is 0. The fraction of sp³-hybridized carbons (Fsp3) is 0.556. The summed E-state index contributed by atoms with van der Waals surface area (Å²) in [6.45, 7) is 6.32. The van der Waals surface area contributed by atoms with E-state index in [-0.39, 0.29) is 17.9 Å². The Morgan fingerprint density at radius 2 is 2.11 bits per heavy atom. The van der Waals surface area contributed by atoms with Crippen LogP contribution in [0.3, 0.4) is 0 Å². The van der Waals surface area contributed by atoms with E-state index in [0.29, 0.717) is 24.0 Å². The van der Waals surface area contributed by atoms with Gasteiger partial charge in [0.25, 0.3) is 5.69 Å². The van der Waals surface area contributed by atoms with Crippen molar-refractivity contribution in [3.63, 3.8) is 0 Å². The Morgan fingerprint density at radius 1 is 1.36 bits per heavy atom. The number of esters is 1. The van der Waals surface area contributed by atoms with Gasteiger partial charge in [0.15, 0.2) is 12.4 Å². The molecule has 1 fully saturated rings. The number of anilines is 1. The van der Waals surface area contributed by atoms with E-state index in [0.717, 1.165) is 32.4 Å². The largest absolute Gasteiger partial charge is 0.454 e. The first-order valence-corrected chi connectivity index (χ1v) is 9.45. The van der Waals surface area contributed by atoms with E-state index < -0.39 is 10.9 Å². The highest BCUT2D eigenvalue weighted by Gasteiger charge is 2.24. The zero-order chi connectivity index (χ0) is 20.1. The van der Waals surface area contributed by atoms with Crippen molar-refractivity contribution in [3.05, 3.63) is 39.7 Å². The van der Waals surface area contributed by atoms with Crippen LogP contribution in [0.25, 0.3) is 0 Å². The molecule has 0 N–H and O–H groups in total. The minimum Gasteiger partial charge on any atom is -0.454 e. The van der Waals surface area contributed by atoms with Crippen molar-refractivity contribution in [2.45, 2.75) is 46.3 Å². The van der Waals surface area contributed by atoms with Gasteiger partial charge >= 0.3 is 5.97 Å². The molecule has 1 aromatic heterocycles. The van der Waals surface area contributed by atoms with E-state index in [9.17, 15) is 14.9 Å². The summed E-state index contributed by atoms with van der Waals surface area (Å²) in [5, 5.41) is 22.5. The summed E-state index contributed by atoms with van der Waals surface area (Å²) in [5.74, 6) is 0.444. The monoisotopic (exact) mass is 388 g/mol. The third-order valence-corrected chi connectivity index (χ3v) is 4.91. The van der Waals surface area contributed by atoms with Crippen molar-refractivity contribution < 1.29 is 14.5 Å².